The molecule has 0 amide bonds. The summed E-state index contributed by atoms with van der Waals surface area (Å²) in [5.74, 6) is 0.364. The van der Waals surface area contributed by atoms with Gasteiger partial charge in [-0.25, -0.2) is 12.2 Å². The van der Waals surface area contributed by atoms with E-state index < -0.39 is 0 Å². The summed E-state index contributed by atoms with van der Waals surface area (Å²) in [6.07, 6.45) is 11.5. The molecule has 0 bridgehead atoms. The largest absolute Gasteiger partial charge is 1.00 e. The average Bonchev–Trinajstić information content (AvgIpc) is 3.08. The van der Waals surface area contributed by atoms with Gasteiger partial charge in [0.05, 0.1) is 0 Å². The van der Waals surface area contributed by atoms with Crippen molar-refractivity contribution in [3.8, 4) is 0 Å². The molecule has 1 atom stereocenters. The Labute approximate surface area is 160 Å². The van der Waals surface area contributed by atoms with E-state index in [1.807, 2.05) is 13.0 Å². The molecule has 3 rings (SSSR count). The first-order chi connectivity index (χ1) is 9.81. The molecule has 1 unspecified atom stereocenters. The van der Waals surface area contributed by atoms with Crippen molar-refractivity contribution in [2.24, 2.45) is 0 Å². The van der Waals surface area contributed by atoms with Crippen molar-refractivity contribution >= 4 is 9.28 Å². The van der Waals surface area contributed by atoms with Crippen LogP contribution in [-0.4, -0.2) is 15.4 Å². The molecule has 0 fully saturated rings. The van der Waals surface area contributed by atoms with Crippen molar-refractivity contribution in [2.45, 2.75) is 25.7 Å². The second-order valence-corrected chi connectivity index (χ2v) is 6.21. The third kappa shape index (κ3) is 5.13. The summed E-state index contributed by atoms with van der Waals surface area (Å²) in [7, 11) is 0. The van der Waals surface area contributed by atoms with E-state index in [0.29, 0.717) is 5.92 Å². The molecule has 0 aliphatic heterocycles. The molecule has 2 aliphatic carbocycles. The van der Waals surface area contributed by atoms with Crippen molar-refractivity contribution in [1.82, 2.24) is 0 Å². The first kappa shape index (κ1) is 21.7. The minimum absolute atomic E-state index is 0. The van der Waals surface area contributed by atoms with Crippen LogP contribution in [0.1, 0.15) is 36.8 Å². The van der Waals surface area contributed by atoms with Crippen LogP contribution in [0.5, 0.6) is 0 Å². The van der Waals surface area contributed by atoms with Crippen LogP contribution in [0.15, 0.2) is 48.1 Å². The first-order valence-corrected chi connectivity index (χ1v) is 8.37. The van der Waals surface area contributed by atoms with E-state index in [1.54, 1.807) is 0 Å². The maximum Gasteiger partial charge on any atom is 0.0471 e. The van der Waals surface area contributed by atoms with Crippen molar-refractivity contribution in [3.05, 3.63) is 65.3 Å². The maximum absolute atomic E-state index is 9.13. The fraction of sp³-hybridized carbons (Fsp3) is 0.278. The SMILES string of the molecule is C[CH]=[Zr+2].OCCC1=CC(C2=[C-]C=CC2)c2ccccc21.[Cl-].[Cl-]. The number of fused-ring (bicyclic) bond motifs is 1. The standard InChI is InChI=1S/C16H15O.C2H4.2ClH.Zr/c17-10-9-13-11-16(12-5-1-2-6-12)15-8-4-3-7-14(13)15;1-2;;;/h1-4,7-8,11,16-17H,5,9-10H2;1H,2H3;2*1H;/q-1;;;;+2/p-2. The molecule has 0 radical (unpaired) electrons. The zero-order valence-electron chi connectivity index (χ0n) is 12.5. The second kappa shape index (κ2) is 11.3. The monoisotopic (exact) mass is 411 g/mol. The van der Waals surface area contributed by atoms with Crippen LogP contribution >= 0.6 is 0 Å². The van der Waals surface area contributed by atoms with E-state index in [-0.39, 0.29) is 31.4 Å². The third-order valence-corrected chi connectivity index (χ3v) is 3.49. The first-order valence-electron chi connectivity index (χ1n) is 6.95. The van der Waals surface area contributed by atoms with Crippen LogP contribution in [0, 0.1) is 6.08 Å². The van der Waals surface area contributed by atoms with E-state index in [1.165, 1.54) is 46.5 Å². The molecule has 0 saturated carbocycles. The summed E-state index contributed by atoms with van der Waals surface area (Å²) in [5.41, 5.74) is 5.27. The minimum Gasteiger partial charge on any atom is -1.00 e. The number of halogens is 2. The summed E-state index contributed by atoms with van der Waals surface area (Å²) >= 11 is 1.51. The Morgan fingerprint density at radius 1 is 1.32 bits per heavy atom. The molecular weight excluding hydrogens is 394 g/mol. The summed E-state index contributed by atoms with van der Waals surface area (Å²) in [5, 5.41) is 9.13. The number of hydrogen-bond acceptors (Lipinski definition) is 1. The fourth-order valence-corrected chi connectivity index (χ4v) is 2.70. The number of aliphatic hydroxyl groups excluding tert-OH is 1. The van der Waals surface area contributed by atoms with Crippen LogP contribution < -0.4 is 24.8 Å². The van der Waals surface area contributed by atoms with Gasteiger partial charge in [-0.3, -0.25) is 6.08 Å². The number of rotatable bonds is 3. The molecule has 0 saturated heterocycles. The molecule has 2 aliphatic rings. The summed E-state index contributed by atoms with van der Waals surface area (Å²) < 4.78 is 2.09. The van der Waals surface area contributed by atoms with E-state index >= 15 is 0 Å². The van der Waals surface area contributed by atoms with E-state index in [4.69, 9.17) is 5.11 Å². The third-order valence-electron chi connectivity index (χ3n) is 3.49. The normalized spacial score (nSPS) is 17.2. The quantitative estimate of drug-likeness (QED) is 0.548. The van der Waals surface area contributed by atoms with Gasteiger partial charge in [0, 0.05) is 12.5 Å². The van der Waals surface area contributed by atoms with Gasteiger partial charge in [0.2, 0.25) is 0 Å². The Kier molecular flexibility index (Phi) is 11.2. The van der Waals surface area contributed by atoms with Gasteiger partial charge in [0.1, 0.15) is 0 Å². The molecule has 0 heterocycles. The Morgan fingerprint density at radius 2 is 2.00 bits per heavy atom. The molecule has 1 nitrogen and oxygen atoms in total. The molecule has 0 spiro atoms. The van der Waals surface area contributed by atoms with Gasteiger partial charge in [0.25, 0.3) is 0 Å². The van der Waals surface area contributed by atoms with Crippen molar-refractivity contribution in [1.29, 1.82) is 0 Å². The zero-order chi connectivity index (χ0) is 14.4. The Bertz CT molecular complexity index is 576. The van der Waals surface area contributed by atoms with Gasteiger partial charge in [-0.1, -0.05) is 36.8 Å². The molecule has 1 aromatic rings. The van der Waals surface area contributed by atoms with Gasteiger partial charge in [-0.05, 0) is 23.1 Å². The topological polar surface area (TPSA) is 20.2 Å². The summed E-state index contributed by atoms with van der Waals surface area (Å²) in [4.78, 5) is 0. The summed E-state index contributed by atoms with van der Waals surface area (Å²) in [6.45, 7) is 2.26. The van der Waals surface area contributed by atoms with Crippen LogP contribution in [0.3, 0.4) is 0 Å². The second-order valence-electron chi connectivity index (χ2n) is 4.80. The Morgan fingerprint density at radius 3 is 2.59 bits per heavy atom. The fourth-order valence-electron chi connectivity index (χ4n) is 2.70. The van der Waals surface area contributed by atoms with Crippen LogP contribution in [-0.2, 0) is 24.2 Å². The number of allylic oxidation sites excluding steroid dienone is 5. The smallest absolute Gasteiger partial charge is 0.0471 e. The Balaban J connectivity index is 0.000000820. The van der Waals surface area contributed by atoms with Crippen LogP contribution in [0.25, 0.3) is 5.57 Å². The molecule has 1 N–H and O–H groups in total. The van der Waals surface area contributed by atoms with E-state index in [2.05, 4.69) is 46.2 Å². The number of benzene rings is 1. The number of hydrogen-bond donors (Lipinski definition) is 1. The van der Waals surface area contributed by atoms with Gasteiger partial charge < -0.3 is 29.9 Å². The van der Waals surface area contributed by atoms with E-state index in [0.717, 1.165) is 12.8 Å². The molecule has 0 aromatic heterocycles. The Hall–Kier alpha value is -0.267. The van der Waals surface area contributed by atoms with Crippen molar-refractivity contribution < 1.29 is 54.2 Å². The van der Waals surface area contributed by atoms with Gasteiger partial charge in [0.15, 0.2) is 0 Å². The predicted octanol–water partition coefficient (Wildman–Crippen LogP) is -2.40. The molecule has 1 aromatic carbocycles. The van der Waals surface area contributed by atoms with Gasteiger partial charge in [-0.2, -0.15) is 5.57 Å². The van der Waals surface area contributed by atoms with Crippen LogP contribution in [0.2, 0.25) is 0 Å². The molecule has 116 valence electrons. The average molecular weight is 413 g/mol. The van der Waals surface area contributed by atoms with Gasteiger partial charge in [-0.15, -0.1) is 0 Å². The molecule has 4 heteroatoms. The number of aliphatic hydroxyl groups is 1. The predicted molar refractivity (Wildman–Crippen MR) is 81.1 cm³/mol. The van der Waals surface area contributed by atoms with Gasteiger partial charge >= 0.3 is 34.9 Å². The minimum atomic E-state index is 0. The summed E-state index contributed by atoms with van der Waals surface area (Å²) in [6, 6.07) is 8.50. The van der Waals surface area contributed by atoms with E-state index in [9.17, 15) is 0 Å². The van der Waals surface area contributed by atoms with Crippen LogP contribution in [0.4, 0.5) is 0 Å². The van der Waals surface area contributed by atoms with Crippen molar-refractivity contribution in [2.75, 3.05) is 6.61 Å². The molecule has 22 heavy (non-hydrogen) atoms. The maximum atomic E-state index is 9.13. The van der Waals surface area contributed by atoms with Crippen molar-refractivity contribution in [3.63, 3.8) is 0 Å². The zero-order valence-corrected chi connectivity index (χ0v) is 16.5. The molecular formula is C18H19Cl2OZr-.